The second kappa shape index (κ2) is 5.23. The van der Waals surface area contributed by atoms with Gasteiger partial charge in [-0.05, 0) is 45.9 Å². The predicted octanol–water partition coefficient (Wildman–Crippen LogP) is 2.04. The summed E-state index contributed by atoms with van der Waals surface area (Å²) < 4.78 is 43.3. The Morgan fingerprint density at radius 2 is 2.00 bits per heavy atom. The fourth-order valence-electron chi connectivity index (χ4n) is 3.41. The molecule has 2 unspecified atom stereocenters. The molecule has 1 aliphatic rings. The first kappa shape index (κ1) is 18.3. The van der Waals surface area contributed by atoms with E-state index in [4.69, 9.17) is 4.18 Å². The third kappa shape index (κ3) is 2.25. The highest BCUT2D eigenvalue weighted by atomic mass is 79.9. The van der Waals surface area contributed by atoms with Crippen molar-refractivity contribution < 1.29 is 30.8 Å². The quantitative estimate of drug-likeness (QED) is 0.662. The molecule has 1 heterocycles. The van der Waals surface area contributed by atoms with E-state index in [0.29, 0.717) is 4.47 Å². The number of halogens is 2. The van der Waals surface area contributed by atoms with Crippen LogP contribution in [0.5, 0.6) is 0 Å². The third-order valence-electron chi connectivity index (χ3n) is 4.23. The van der Waals surface area contributed by atoms with Crippen molar-refractivity contribution in [1.29, 1.82) is 0 Å². The number of benzene rings is 1. The minimum atomic E-state index is -4.60. The zero-order valence-corrected chi connectivity index (χ0v) is 15.5. The van der Waals surface area contributed by atoms with Crippen LogP contribution in [-0.2, 0) is 20.0 Å². The Labute approximate surface area is 142 Å². The predicted molar refractivity (Wildman–Crippen MR) is 81.7 cm³/mol. The van der Waals surface area contributed by atoms with Crippen LogP contribution < -0.4 is 5.11 Å². The van der Waals surface area contributed by atoms with E-state index in [1.807, 2.05) is 0 Å². The van der Waals surface area contributed by atoms with E-state index < -0.39 is 43.8 Å². The van der Waals surface area contributed by atoms with Gasteiger partial charge in [0, 0.05) is 4.47 Å². The summed E-state index contributed by atoms with van der Waals surface area (Å²) >= 11 is 3.19. The molecule has 1 aromatic carbocycles. The number of rotatable bonds is 1. The van der Waals surface area contributed by atoms with Crippen molar-refractivity contribution in [2.75, 3.05) is 6.61 Å². The zero-order valence-electron chi connectivity index (χ0n) is 13.1. The van der Waals surface area contributed by atoms with Gasteiger partial charge in [-0.2, -0.15) is 0 Å². The topological polar surface area (TPSA) is 83.5 Å². The molecule has 0 saturated carbocycles. The highest BCUT2D eigenvalue weighted by Gasteiger charge is 2.72. The second-order valence-electron chi connectivity index (χ2n) is 6.63. The van der Waals surface area contributed by atoms with Gasteiger partial charge in [0.05, 0.1) is 5.56 Å². The molecule has 0 aliphatic carbocycles. The number of carbonyl (C=O) groups excluding carboxylic acids is 1. The Bertz CT molecular complexity index is 776. The summed E-state index contributed by atoms with van der Waals surface area (Å²) in [4.78, 5) is 12.0. The first-order valence-corrected chi connectivity index (χ1v) is 8.93. The SMILES string of the molecule is CC(C)(C)[N+]1(C(=O)[O-])C(C)(c2cc(Br)ccc2F)COS1(=O)=O. The van der Waals surface area contributed by atoms with Gasteiger partial charge >= 0.3 is 10.3 Å². The average molecular weight is 410 g/mol. The fourth-order valence-corrected chi connectivity index (χ4v) is 5.80. The summed E-state index contributed by atoms with van der Waals surface area (Å²) in [5.74, 6) is -0.718. The van der Waals surface area contributed by atoms with Crippen LogP contribution in [0.1, 0.15) is 33.3 Å². The van der Waals surface area contributed by atoms with Gasteiger partial charge in [-0.1, -0.05) is 15.9 Å². The maximum Gasteiger partial charge on any atom is 0.442 e. The molecule has 1 amide bonds. The van der Waals surface area contributed by atoms with E-state index in [2.05, 4.69) is 15.9 Å². The molecule has 1 aliphatic heterocycles. The summed E-state index contributed by atoms with van der Waals surface area (Å²) in [5.41, 5.74) is -3.16. The normalized spacial score (nSPS) is 30.3. The van der Waals surface area contributed by atoms with Crippen molar-refractivity contribution in [3.05, 3.63) is 34.1 Å². The van der Waals surface area contributed by atoms with E-state index in [9.17, 15) is 22.7 Å². The van der Waals surface area contributed by atoms with Gasteiger partial charge in [0.25, 0.3) is 6.09 Å². The van der Waals surface area contributed by atoms with E-state index in [1.54, 1.807) is 0 Å². The molecule has 0 N–H and O–H groups in total. The van der Waals surface area contributed by atoms with E-state index in [1.165, 1.54) is 39.8 Å². The Hall–Kier alpha value is -1.03. The van der Waals surface area contributed by atoms with Crippen LogP contribution in [0.2, 0.25) is 0 Å². The van der Waals surface area contributed by atoms with Crippen LogP contribution in [0.4, 0.5) is 9.18 Å². The number of carbonyl (C=O) groups is 1. The molecule has 128 valence electrons. The first-order chi connectivity index (χ1) is 10.3. The van der Waals surface area contributed by atoms with Gasteiger partial charge in [0.15, 0.2) is 5.54 Å². The Kier molecular flexibility index (Phi) is 4.17. The molecule has 0 aromatic heterocycles. The summed E-state index contributed by atoms with van der Waals surface area (Å²) in [6.07, 6.45) is -1.86. The van der Waals surface area contributed by atoms with E-state index in [-0.39, 0.29) is 5.56 Å². The third-order valence-corrected chi connectivity index (χ3v) is 6.91. The molecule has 0 bridgehead atoms. The van der Waals surface area contributed by atoms with Gasteiger partial charge in [-0.25, -0.2) is 8.57 Å². The molecule has 23 heavy (non-hydrogen) atoms. The standard InChI is InChI=1S/C14H17BrFNO5S/c1-13(2,3)17(12(18)19)14(4,8-22-23(17,20)21)10-7-9(15)5-6-11(10)16/h5-7H,8H2,1-4H3. The van der Waals surface area contributed by atoms with Crippen molar-refractivity contribution in [1.82, 2.24) is 0 Å². The maximum atomic E-state index is 14.4. The van der Waals surface area contributed by atoms with Gasteiger partial charge in [-0.15, -0.1) is 12.3 Å². The van der Waals surface area contributed by atoms with Crippen molar-refractivity contribution in [2.24, 2.45) is 0 Å². The Morgan fingerprint density at radius 1 is 1.43 bits per heavy atom. The Balaban J connectivity index is 2.95. The number of amides is 1. The van der Waals surface area contributed by atoms with Crippen LogP contribution in [0, 0.1) is 5.82 Å². The van der Waals surface area contributed by atoms with Crippen LogP contribution in [0.15, 0.2) is 22.7 Å². The molecule has 6 nitrogen and oxygen atoms in total. The summed E-state index contributed by atoms with van der Waals surface area (Å²) in [7, 11) is -4.60. The number of quaternary nitrogens is 1. The zero-order chi connectivity index (χ0) is 17.8. The van der Waals surface area contributed by atoms with Crippen molar-refractivity contribution >= 4 is 32.3 Å². The lowest BCUT2D eigenvalue weighted by Crippen LogP contribution is -2.74. The van der Waals surface area contributed by atoms with E-state index >= 15 is 0 Å². The lowest BCUT2D eigenvalue weighted by Gasteiger charge is -2.49. The van der Waals surface area contributed by atoms with Crippen LogP contribution in [0.3, 0.4) is 0 Å². The van der Waals surface area contributed by atoms with Crippen LogP contribution in [0.25, 0.3) is 0 Å². The molecule has 1 fully saturated rings. The summed E-state index contributed by atoms with van der Waals surface area (Å²) in [6, 6.07) is 3.95. The molecule has 0 spiro atoms. The average Bonchev–Trinajstić information content (AvgIpc) is 2.60. The number of nitrogens with zero attached hydrogens (tertiary/aromatic N) is 1. The lowest BCUT2D eigenvalue weighted by molar-refractivity contribution is -0.856. The van der Waals surface area contributed by atoms with E-state index in [0.717, 1.165) is 6.07 Å². The molecule has 0 radical (unpaired) electrons. The molecule has 9 heteroatoms. The Morgan fingerprint density at radius 3 is 2.48 bits per heavy atom. The smallest absolute Gasteiger partial charge is 0.442 e. The highest BCUT2D eigenvalue weighted by molar-refractivity contribution is 9.10. The van der Waals surface area contributed by atoms with Crippen molar-refractivity contribution in [2.45, 2.75) is 38.8 Å². The molecule has 2 atom stereocenters. The van der Waals surface area contributed by atoms with Gasteiger partial charge in [-0.3, -0.25) is 0 Å². The fraction of sp³-hybridized carbons (Fsp3) is 0.500. The summed E-state index contributed by atoms with van der Waals surface area (Å²) in [6.45, 7) is 5.15. The first-order valence-electron chi connectivity index (χ1n) is 6.77. The molecule has 1 aromatic rings. The minimum absolute atomic E-state index is 0.0768. The van der Waals surface area contributed by atoms with Gasteiger partial charge < -0.3 is 9.90 Å². The molecule has 1 saturated heterocycles. The summed E-state index contributed by atoms with van der Waals surface area (Å²) in [5, 5.41) is 12.0. The number of carboxylic acid groups (broad SMARTS) is 1. The number of hydrogen-bond donors (Lipinski definition) is 0. The number of hydrogen-bond acceptors (Lipinski definition) is 5. The maximum absolute atomic E-state index is 14.4. The highest BCUT2D eigenvalue weighted by Crippen LogP contribution is 2.51. The largest absolute Gasteiger partial charge is 0.497 e. The van der Waals surface area contributed by atoms with Crippen molar-refractivity contribution in [3.63, 3.8) is 0 Å². The monoisotopic (exact) mass is 409 g/mol. The van der Waals surface area contributed by atoms with Crippen LogP contribution >= 0.6 is 15.9 Å². The lowest BCUT2D eigenvalue weighted by atomic mass is 9.86. The van der Waals surface area contributed by atoms with Crippen molar-refractivity contribution in [3.8, 4) is 0 Å². The molecular weight excluding hydrogens is 393 g/mol. The van der Waals surface area contributed by atoms with Gasteiger partial charge in [0.1, 0.15) is 18.0 Å². The molecule has 2 rings (SSSR count). The minimum Gasteiger partial charge on any atom is -0.497 e. The molecular formula is C14H17BrFNO5S. The van der Waals surface area contributed by atoms with Crippen LogP contribution in [-0.4, -0.2) is 30.5 Å². The second-order valence-corrected chi connectivity index (χ2v) is 9.19. The van der Waals surface area contributed by atoms with Gasteiger partial charge in [0.2, 0.25) is 0 Å².